The molecule has 0 aliphatic carbocycles. The average molecular weight is 518 g/mol. The second kappa shape index (κ2) is 12.0. The van der Waals surface area contributed by atoms with E-state index in [9.17, 15) is 4.79 Å². The zero-order valence-electron chi connectivity index (χ0n) is 17.1. The lowest BCUT2D eigenvalue weighted by Gasteiger charge is -2.16. The van der Waals surface area contributed by atoms with Gasteiger partial charge in [0.05, 0.1) is 6.26 Å². The van der Waals surface area contributed by atoms with Crippen molar-refractivity contribution in [2.75, 3.05) is 18.9 Å². The van der Waals surface area contributed by atoms with Crippen molar-refractivity contribution < 1.29 is 9.21 Å². The van der Waals surface area contributed by atoms with Crippen LogP contribution in [0, 0.1) is 0 Å². The fourth-order valence-electron chi connectivity index (χ4n) is 2.92. The number of nitrogens with zero attached hydrogens (tertiary/aromatic N) is 1. The van der Waals surface area contributed by atoms with Crippen molar-refractivity contribution in [2.24, 2.45) is 4.99 Å². The van der Waals surface area contributed by atoms with Gasteiger partial charge in [-0.1, -0.05) is 49.4 Å². The Balaban J connectivity index is 0.00000320. The highest BCUT2D eigenvalue weighted by atomic mass is 127. The predicted octanol–water partition coefficient (Wildman–Crippen LogP) is 4.62. The van der Waals surface area contributed by atoms with E-state index in [1.165, 1.54) is 11.8 Å². The predicted molar refractivity (Wildman–Crippen MR) is 132 cm³/mol. The number of hydrogen-bond donors (Lipinski definition) is 3. The Morgan fingerprint density at radius 1 is 1.03 bits per heavy atom. The van der Waals surface area contributed by atoms with Gasteiger partial charge in [0.25, 0.3) is 5.91 Å². The zero-order chi connectivity index (χ0) is 20.5. The van der Waals surface area contributed by atoms with Crippen LogP contribution in [0.25, 0.3) is 0 Å². The van der Waals surface area contributed by atoms with Crippen LogP contribution in [-0.2, 0) is 6.54 Å². The van der Waals surface area contributed by atoms with Crippen LogP contribution in [0.2, 0.25) is 0 Å². The molecule has 0 saturated carbocycles. The summed E-state index contributed by atoms with van der Waals surface area (Å²) < 4.78 is 5.12. The first-order valence-electron chi connectivity index (χ1n) is 9.59. The summed E-state index contributed by atoms with van der Waals surface area (Å²) in [5, 5.41) is 9.51. The molecule has 1 aromatic heterocycles. The summed E-state index contributed by atoms with van der Waals surface area (Å²) in [5.74, 6) is 1.12. The highest BCUT2D eigenvalue weighted by Gasteiger charge is 2.09. The molecular formula is C23H27IN4O2. The molecule has 6 nitrogen and oxygen atoms in total. The SMILES string of the molecule is CN=C(NCc1cccc(NC(=O)c2ccco2)c1)NCC(C)c1ccccc1.I. The molecule has 3 aromatic rings. The first-order chi connectivity index (χ1) is 14.2. The lowest BCUT2D eigenvalue weighted by molar-refractivity contribution is 0.0996. The summed E-state index contributed by atoms with van der Waals surface area (Å²) in [6.45, 7) is 3.55. The molecule has 0 radical (unpaired) electrons. The van der Waals surface area contributed by atoms with Crippen molar-refractivity contribution in [1.82, 2.24) is 10.6 Å². The molecule has 3 rings (SSSR count). The van der Waals surface area contributed by atoms with E-state index in [1.54, 1.807) is 19.2 Å². The summed E-state index contributed by atoms with van der Waals surface area (Å²) in [5.41, 5.74) is 3.03. The largest absolute Gasteiger partial charge is 0.459 e. The molecule has 0 spiro atoms. The first-order valence-corrected chi connectivity index (χ1v) is 9.59. The molecule has 0 fully saturated rings. The molecule has 30 heavy (non-hydrogen) atoms. The monoisotopic (exact) mass is 518 g/mol. The van der Waals surface area contributed by atoms with E-state index in [4.69, 9.17) is 4.42 Å². The number of nitrogens with one attached hydrogen (secondary N) is 3. The van der Waals surface area contributed by atoms with Crippen molar-refractivity contribution in [1.29, 1.82) is 0 Å². The third-order valence-electron chi connectivity index (χ3n) is 4.56. The highest BCUT2D eigenvalue weighted by molar-refractivity contribution is 14.0. The summed E-state index contributed by atoms with van der Waals surface area (Å²) in [4.78, 5) is 16.4. The number of anilines is 1. The van der Waals surface area contributed by atoms with Gasteiger partial charge in [0, 0.05) is 25.8 Å². The molecular weight excluding hydrogens is 491 g/mol. The standard InChI is InChI=1S/C23H26N4O2.HI/c1-17(19-9-4-3-5-10-19)15-25-23(24-2)26-16-18-8-6-11-20(14-18)27-22(28)21-12-7-13-29-21;/h3-14,17H,15-16H2,1-2H3,(H,27,28)(H2,24,25,26);1H. The van der Waals surface area contributed by atoms with Gasteiger partial charge in [0.1, 0.15) is 0 Å². The maximum absolute atomic E-state index is 12.1. The van der Waals surface area contributed by atoms with Crippen LogP contribution in [0.1, 0.15) is 34.5 Å². The lowest BCUT2D eigenvalue weighted by Crippen LogP contribution is -2.38. The number of hydrogen-bond acceptors (Lipinski definition) is 3. The summed E-state index contributed by atoms with van der Waals surface area (Å²) >= 11 is 0. The van der Waals surface area contributed by atoms with E-state index >= 15 is 0 Å². The molecule has 1 atom stereocenters. The van der Waals surface area contributed by atoms with Crippen molar-refractivity contribution >= 4 is 41.5 Å². The van der Waals surface area contributed by atoms with Crippen LogP contribution in [0.5, 0.6) is 0 Å². The third-order valence-corrected chi connectivity index (χ3v) is 4.56. The molecule has 0 bridgehead atoms. The maximum Gasteiger partial charge on any atom is 0.291 e. The first kappa shape index (κ1) is 23.5. The fourth-order valence-corrected chi connectivity index (χ4v) is 2.92. The Labute approximate surface area is 194 Å². The van der Waals surface area contributed by atoms with E-state index in [0.717, 1.165) is 18.1 Å². The lowest BCUT2D eigenvalue weighted by atomic mass is 10.0. The molecule has 0 saturated heterocycles. The number of rotatable bonds is 7. The maximum atomic E-state index is 12.1. The van der Waals surface area contributed by atoms with Gasteiger partial charge in [-0.25, -0.2) is 0 Å². The Morgan fingerprint density at radius 3 is 2.53 bits per heavy atom. The van der Waals surface area contributed by atoms with Crippen molar-refractivity contribution in [3.05, 3.63) is 89.9 Å². The van der Waals surface area contributed by atoms with Crippen LogP contribution < -0.4 is 16.0 Å². The number of benzene rings is 2. The van der Waals surface area contributed by atoms with Gasteiger partial charge < -0.3 is 20.4 Å². The van der Waals surface area contributed by atoms with Gasteiger partial charge in [-0.3, -0.25) is 9.79 Å². The van der Waals surface area contributed by atoms with E-state index in [-0.39, 0.29) is 35.6 Å². The average Bonchev–Trinajstić information content (AvgIpc) is 3.30. The van der Waals surface area contributed by atoms with Crippen LogP contribution in [-0.4, -0.2) is 25.5 Å². The zero-order valence-corrected chi connectivity index (χ0v) is 19.4. The van der Waals surface area contributed by atoms with Crippen LogP contribution in [0.4, 0.5) is 5.69 Å². The topological polar surface area (TPSA) is 78.7 Å². The molecule has 1 heterocycles. The second-order valence-electron chi connectivity index (χ2n) is 6.75. The molecule has 0 aliphatic rings. The van der Waals surface area contributed by atoms with E-state index in [2.05, 4.69) is 52.1 Å². The number of aliphatic imine (C=N–C) groups is 1. The summed E-state index contributed by atoms with van der Waals surface area (Å²) in [6, 6.07) is 21.4. The Hall–Kier alpha value is -2.81. The molecule has 158 valence electrons. The fraction of sp³-hybridized carbons (Fsp3) is 0.217. The number of amides is 1. The van der Waals surface area contributed by atoms with Gasteiger partial charge in [-0.15, -0.1) is 24.0 Å². The van der Waals surface area contributed by atoms with Crippen LogP contribution >= 0.6 is 24.0 Å². The number of guanidine groups is 1. The van der Waals surface area contributed by atoms with Crippen molar-refractivity contribution in [2.45, 2.75) is 19.4 Å². The van der Waals surface area contributed by atoms with Gasteiger partial charge in [0.2, 0.25) is 0 Å². The van der Waals surface area contributed by atoms with Crippen molar-refractivity contribution in [3.63, 3.8) is 0 Å². The number of halogens is 1. The molecule has 1 unspecified atom stereocenters. The van der Waals surface area contributed by atoms with Crippen LogP contribution in [0.3, 0.4) is 0 Å². The van der Waals surface area contributed by atoms with Crippen LogP contribution in [0.15, 0.2) is 82.4 Å². The Morgan fingerprint density at radius 2 is 1.83 bits per heavy atom. The van der Waals surface area contributed by atoms with Crippen molar-refractivity contribution in [3.8, 4) is 0 Å². The molecule has 3 N–H and O–H groups in total. The number of carbonyl (C=O) groups excluding carboxylic acids is 1. The Bertz CT molecular complexity index is 943. The summed E-state index contributed by atoms with van der Waals surface area (Å²) in [7, 11) is 1.75. The minimum atomic E-state index is -0.271. The van der Waals surface area contributed by atoms with E-state index in [1.807, 2.05) is 30.3 Å². The normalized spacial score (nSPS) is 11.9. The number of carbonyl (C=O) groups is 1. The second-order valence-corrected chi connectivity index (χ2v) is 6.75. The van der Waals surface area contributed by atoms with Gasteiger partial charge in [0.15, 0.2) is 11.7 Å². The quantitative estimate of drug-likeness (QED) is 0.243. The molecule has 2 aromatic carbocycles. The molecule has 1 amide bonds. The minimum Gasteiger partial charge on any atom is -0.459 e. The Kier molecular flexibility index (Phi) is 9.40. The van der Waals surface area contributed by atoms with E-state index < -0.39 is 0 Å². The highest BCUT2D eigenvalue weighted by Crippen LogP contribution is 2.14. The van der Waals surface area contributed by atoms with Gasteiger partial charge >= 0.3 is 0 Å². The van der Waals surface area contributed by atoms with Gasteiger partial charge in [-0.05, 0) is 41.3 Å². The number of furan rings is 1. The van der Waals surface area contributed by atoms with E-state index in [0.29, 0.717) is 18.2 Å². The third kappa shape index (κ3) is 6.91. The summed E-state index contributed by atoms with van der Waals surface area (Å²) in [6.07, 6.45) is 1.48. The molecule has 7 heteroatoms. The molecule has 0 aliphatic heterocycles. The van der Waals surface area contributed by atoms with Gasteiger partial charge in [-0.2, -0.15) is 0 Å². The smallest absolute Gasteiger partial charge is 0.291 e. The minimum absolute atomic E-state index is 0.